The van der Waals surface area contributed by atoms with Gasteiger partial charge in [0.2, 0.25) is 0 Å². The minimum Gasteiger partial charge on any atom is -0.444 e. The monoisotopic (exact) mass is 353 g/mol. The highest BCUT2D eigenvalue weighted by molar-refractivity contribution is 5.68. The number of likely N-dealkylation sites (tertiary alicyclic amines) is 1. The number of hydrogen-bond donors (Lipinski definition) is 1. The molecule has 1 saturated carbocycles. The maximum Gasteiger partial charge on any atom is 0.410 e. The summed E-state index contributed by atoms with van der Waals surface area (Å²) in [6, 6.07) is 2.26. The zero-order chi connectivity index (χ0) is 18.6. The van der Waals surface area contributed by atoms with Crippen molar-refractivity contribution in [2.24, 2.45) is 0 Å². The number of hydrogen-bond acceptors (Lipinski definition) is 4. The maximum absolute atomic E-state index is 12.2. The number of amides is 1. The Morgan fingerprint density at radius 3 is 2.04 bits per heavy atom. The first-order chi connectivity index (χ1) is 11.7. The summed E-state index contributed by atoms with van der Waals surface area (Å²) < 4.78 is 5.50. The van der Waals surface area contributed by atoms with Crippen molar-refractivity contribution in [1.82, 2.24) is 15.1 Å². The molecular weight excluding hydrogens is 314 g/mol. The Bertz CT molecular complexity index is 417. The Balaban J connectivity index is 1.70. The molecule has 1 saturated heterocycles. The van der Waals surface area contributed by atoms with E-state index in [2.05, 4.69) is 24.1 Å². The molecule has 1 amide bonds. The molecule has 146 valence electrons. The van der Waals surface area contributed by atoms with E-state index in [1.165, 1.54) is 25.9 Å². The molecule has 0 aromatic heterocycles. The first kappa shape index (κ1) is 20.5. The third-order valence-corrected chi connectivity index (χ3v) is 5.66. The van der Waals surface area contributed by atoms with Crippen LogP contribution in [-0.4, -0.2) is 65.8 Å². The average Bonchev–Trinajstić information content (AvgIpc) is 2.54. The number of rotatable bonds is 4. The molecule has 2 aliphatic rings. The first-order valence-corrected chi connectivity index (χ1v) is 10.1. The molecule has 0 unspecified atom stereocenters. The fourth-order valence-electron chi connectivity index (χ4n) is 4.03. The molecule has 1 aliphatic carbocycles. The fourth-order valence-corrected chi connectivity index (χ4v) is 4.03. The van der Waals surface area contributed by atoms with Gasteiger partial charge in [0, 0.05) is 31.2 Å². The molecular formula is C20H39N3O2. The van der Waals surface area contributed by atoms with Gasteiger partial charge in [0.05, 0.1) is 0 Å². The quantitative estimate of drug-likeness (QED) is 0.838. The van der Waals surface area contributed by atoms with Gasteiger partial charge in [0.1, 0.15) is 5.60 Å². The second-order valence-corrected chi connectivity index (χ2v) is 9.17. The van der Waals surface area contributed by atoms with Gasteiger partial charge >= 0.3 is 6.09 Å². The van der Waals surface area contributed by atoms with E-state index < -0.39 is 5.60 Å². The van der Waals surface area contributed by atoms with E-state index in [-0.39, 0.29) is 6.09 Å². The van der Waals surface area contributed by atoms with Gasteiger partial charge in [-0.3, -0.25) is 0 Å². The van der Waals surface area contributed by atoms with Crippen LogP contribution in [0.4, 0.5) is 4.79 Å². The van der Waals surface area contributed by atoms with E-state index in [0.717, 1.165) is 25.7 Å². The molecule has 2 rings (SSSR count). The fraction of sp³-hybridized carbons (Fsp3) is 0.950. The Morgan fingerprint density at radius 2 is 1.56 bits per heavy atom. The lowest BCUT2D eigenvalue weighted by Crippen LogP contribution is -2.50. The van der Waals surface area contributed by atoms with Gasteiger partial charge in [-0.05, 0) is 86.2 Å². The Morgan fingerprint density at radius 1 is 1.04 bits per heavy atom. The molecule has 0 aromatic rings. The van der Waals surface area contributed by atoms with Crippen LogP contribution in [0.3, 0.4) is 0 Å². The van der Waals surface area contributed by atoms with Gasteiger partial charge in [-0.1, -0.05) is 0 Å². The van der Waals surface area contributed by atoms with Crippen LogP contribution in [0.1, 0.15) is 73.1 Å². The van der Waals surface area contributed by atoms with Crippen LogP contribution in [0.25, 0.3) is 0 Å². The number of nitrogens with one attached hydrogen (secondary N) is 1. The highest BCUT2D eigenvalue weighted by Gasteiger charge is 2.30. The van der Waals surface area contributed by atoms with Crippen molar-refractivity contribution >= 4 is 6.09 Å². The predicted octanol–water partition coefficient (Wildman–Crippen LogP) is 3.63. The molecule has 1 heterocycles. The van der Waals surface area contributed by atoms with Gasteiger partial charge in [0.15, 0.2) is 0 Å². The van der Waals surface area contributed by atoms with E-state index in [1.54, 1.807) is 0 Å². The summed E-state index contributed by atoms with van der Waals surface area (Å²) in [5.41, 5.74) is -0.422. The van der Waals surface area contributed by atoms with Crippen molar-refractivity contribution in [2.75, 3.05) is 20.1 Å². The van der Waals surface area contributed by atoms with Crippen molar-refractivity contribution in [3.63, 3.8) is 0 Å². The van der Waals surface area contributed by atoms with Crippen LogP contribution >= 0.6 is 0 Å². The Labute approximate surface area is 154 Å². The lowest BCUT2D eigenvalue weighted by Gasteiger charge is -2.39. The molecule has 5 heteroatoms. The van der Waals surface area contributed by atoms with Gasteiger partial charge in [-0.25, -0.2) is 4.79 Å². The lowest BCUT2D eigenvalue weighted by molar-refractivity contribution is 0.0176. The summed E-state index contributed by atoms with van der Waals surface area (Å²) in [6.07, 6.45) is 6.78. The topological polar surface area (TPSA) is 44.8 Å². The minimum absolute atomic E-state index is 0.190. The van der Waals surface area contributed by atoms with E-state index >= 15 is 0 Å². The molecule has 1 aliphatic heterocycles. The second-order valence-electron chi connectivity index (χ2n) is 9.17. The standard InChI is InChI=1S/C20H39N3O2/c1-15(2)23-13-11-17(12-14-23)21-16-7-9-18(10-8-16)22(6)19(24)25-20(3,4)5/h15-18,21H,7-14H2,1-6H3. The SMILES string of the molecule is CC(C)N1CCC(NC2CCC(N(C)C(=O)OC(C)(C)C)CC2)CC1. The van der Waals surface area contributed by atoms with Crippen LogP contribution in [-0.2, 0) is 4.74 Å². The number of carbonyl (C=O) groups excluding carboxylic acids is 1. The molecule has 0 spiro atoms. The number of carbonyl (C=O) groups is 1. The van der Waals surface area contributed by atoms with Crippen LogP contribution < -0.4 is 5.32 Å². The largest absolute Gasteiger partial charge is 0.444 e. The number of piperidine rings is 1. The zero-order valence-electron chi connectivity index (χ0n) is 17.2. The van der Waals surface area contributed by atoms with Gasteiger partial charge in [0.25, 0.3) is 0 Å². The third kappa shape index (κ3) is 6.45. The molecule has 0 bridgehead atoms. The lowest BCUT2D eigenvalue weighted by atomic mass is 9.89. The summed E-state index contributed by atoms with van der Waals surface area (Å²) in [6.45, 7) is 12.8. The summed E-state index contributed by atoms with van der Waals surface area (Å²) in [7, 11) is 1.88. The highest BCUT2D eigenvalue weighted by atomic mass is 16.6. The molecule has 1 N–H and O–H groups in total. The van der Waals surface area contributed by atoms with Crippen molar-refractivity contribution in [3.8, 4) is 0 Å². The predicted molar refractivity (Wildman–Crippen MR) is 103 cm³/mol. The normalized spacial score (nSPS) is 26.7. The van der Waals surface area contributed by atoms with Gasteiger partial charge in [-0.15, -0.1) is 0 Å². The molecule has 25 heavy (non-hydrogen) atoms. The van der Waals surface area contributed by atoms with Gasteiger partial charge in [-0.2, -0.15) is 0 Å². The van der Waals surface area contributed by atoms with Crippen LogP contribution in [0.5, 0.6) is 0 Å². The van der Waals surface area contributed by atoms with Crippen LogP contribution in [0.2, 0.25) is 0 Å². The average molecular weight is 354 g/mol. The molecule has 0 atom stereocenters. The summed E-state index contributed by atoms with van der Waals surface area (Å²) in [5, 5.41) is 3.88. The smallest absolute Gasteiger partial charge is 0.410 e. The van der Waals surface area contributed by atoms with E-state index in [4.69, 9.17) is 4.74 Å². The highest BCUT2D eigenvalue weighted by Crippen LogP contribution is 2.25. The number of nitrogens with zero attached hydrogens (tertiary/aromatic N) is 2. The van der Waals surface area contributed by atoms with E-state index in [0.29, 0.717) is 24.2 Å². The summed E-state index contributed by atoms with van der Waals surface area (Å²) in [4.78, 5) is 16.6. The molecule has 2 fully saturated rings. The summed E-state index contributed by atoms with van der Waals surface area (Å²) in [5.74, 6) is 0. The van der Waals surface area contributed by atoms with Crippen LogP contribution in [0.15, 0.2) is 0 Å². The Kier molecular flexibility index (Phi) is 7.15. The van der Waals surface area contributed by atoms with Crippen molar-refractivity contribution < 1.29 is 9.53 Å². The Hall–Kier alpha value is -0.810. The zero-order valence-corrected chi connectivity index (χ0v) is 17.2. The maximum atomic E-state index is 12.2. The van der Waals surface area contributed by atoms with Crippen molar-refractivity contribution in [2.45, 2.75) is 103 Å². The van der Waals surface area contributed by atoms with Crippen molar-refractivity contribution in [1.29, 1.82) is 0 Å². The van der Waals surface area contributed by atoms with Crippen molar-refractivity contribution in [3.05, 3.63) is 0 Å². The summed E-state index contributed by atoms with van der Waals surface area (Å²) >= 11 is 0. The van der Waals surface area contributed by atoms with E-state index in [9.17, 15) is 4.79 Å². The van der Waals surface area contributed by atoms with Crippen LogP contribution in [0, 0.1) is 0 Å². The van der Waals surface area contributed by atoms with E-state index in [1.807, 2.05) is 32.7 Å². The number of ether oxygens (including phenoxy) is 1. The third-order valence-electron chi connectivity index (χ3n) is 5.66. The first-order valence-electron chi connectivity index (χ1n) is 10.1. The molecule has 0 radical (unpaired) electrons. The molecule has 5 nitrogen and oxygen atoms in total. The second kappa shape index (κ2) is 8.72. The molecule has 0 aromatic carbocycles. The minimum atomic E-state index is -0.422. The van der Waals surface area contributed by atoms with Gasteiger partial charge < -0.3 is 19.9 Å².